The molecule has 0 fully saturated rings. The molecule has 0 aliphatic heterocycles. The lowest BCUT2D eigenvalue weighted by Crippen LogP contribution is -2.42. The Balaban J connectivity index is 2.16. The number of carbonyl (C=O) groups is 1. The molecule has 0 radical (unpaired) electrons. The molecule has 174 valence electrons. The summed E-state index contributed by atoms with van der Waals surface area (Å²) in [7, 11) is 0. The summed E-state index contributed by atoms with van der Waals surface area (Å²) in [6, 6.07) is 7.30. The summed E-state index contributed by atoms with van der Waals surface area (Å²) in [4.78, 5) is 39.2. The van der Waals surface area contributed by atoms with Crippen LogP contribution in [-0.2, 0) is 5.41 Å². The van der Waals surface area contributed by atoms with Crippen molar-refractivity contribution >= 4 is 11.6 Å². The van der Waals surface area contributed by atoms with Gasteiger partial charge in [-0.15, -0.1) is 0 Å². The van der Waals surface area contributed by atoms with E-state index >= 15 is 0 Å². The maximum absolute atomic E-state index is 14.7. The van der Waals surface area contributed by atoms with Crippen molar-refractivity contribution in [3.05, 3.63) is 91.8 Å². The highest BCUT2D eigenvalue weighted by molar-refractivity contribution is 6.04. The monoisotopic (exact) mass is 455 g/mol. The number of aryl methyl sites for hydroxylation is 1. The van der Waals surface area contributed by atoms with Gasteiger partial charge in [0.15, 0.2) is 0 Å². The third-order valence-electron chi connectivity index (χ3n) is 5.37. The summed E-state index contributed by atoms with van der Waals surface area (Å²) in [5.74, 6) is -2.02. The number of halogens is 2. The fourth-order valence-corrected chi connectivity index (χ4v) is 3.68. The van der Waals surface area contributed by atoms with E-state index in [1.165, 1.54) is 29.0 Å². The Bertz CT molecular complexity index is 1330. The van der Waals surface area contributed by atoms with Gasteiger partial charge in [-0.1, -0.05) is 20.8 Å². The van der Waals surface area contributed by atoms with Gasteiger partial charge in [0.05, 0.1) is 11.4 Å². The minimum Gasteiger partial charge on any atom is -0.319 e. The van der Waals surface area contributed by atoms with Crippen LogP contribution in [0.1, 0.15) is 62.1 Å². The van der Waals surface area contributed by atoms with Crippen molar-refractivity contribution < 1.29 is 13.6 Å². The van der Waals surface area contributed by atoms with E-state index in [1.807, 2.05) is 20.8 Å². The number of carbonyl (C=O) groups excluding carboxylic acids is 1. The summed E-state index contributed by atoms with van der Waals surface area (Å²) in [6.07, 6.45) is 1.17. The topological polar surface area (TPSA) is 73.1 Å². The molecule has 6 nitrogen and oxygen atoms in total. The Morgan fingerprint density at radius 1 is 1.03 bits per heavy atom. The van der Waals surface area contributed by atoms with Crippen molar-refractivity contribution in [1.82, 2.24) is 9.13 Å². The highest BCUT2D eigenvalue weighted by atomic mass is 19.1. The molecule has 0 bridgehead atoms. The van der Waals surface area contributed by atoms with Gasteiger partial charge < -0.3 is 5.32 Å². The zero-order chi connectivity index (χ0) is 24.7. The summed E-state index contributed by atoms with van der Waals surface area (Å²) in [5, 5.41) is 2.48. The Morgan fingerprint density at radius 2 is 1.64 bits per heavy atom. The number of hydrogen-bond donors (Lipinski definition) is 1. The summed E-state index contributed by atoms with van der Waals surface area (Å²) >= 11 is 0. The first-order chi connectivity index (χ1) is 15.3. The van der Waals surface area contributed by atoms with Crippen LogP contribution in [0.5, 0.6) is 0 Å². The van der Waals surface area contributed by atoms with Gasteiger partial charge in [0, 0.05) is 12.2 Å². The lowest BCUT2D eigenvalue weighted by atomic mass is 9.84. The van der Waals surface area contributed by atoms with Crippen LogP contribution in [0, 0.1) is 18.6 Å². The van der Waals surface area contributed by atoms with E-state index in [4.69, 9.17) is 0 Å². The van der Waals surface area contributed by atoms with E-state index in [2.05, 4.69) is 5.32 Å². The highest BCUT2D eigenvalue weighted by Gasteiger charge is 2.23. The second-order valence-electron chi connectivity index (χ2n) is 9.29. The second-order valence-corrected chi connectivity index (χ2v) is 9.29. The molecular weight excluding hydrogens is 428 g/mol. The lowest BCUT2D eigenvalue weighted by molar-refractivity contribution is 0.102. The number of anilines is 1. The molecule has 0 atom stereocenters. The molecule has 0 aliphatic carbocycles. The van der Waals surface area contributed by atoms with Crippen LogP contribution < -0.4 is 16.6 Å². The zero-order valence-corrected chi connectivity index (χ0v) is 19.5. The second kappa shape index (κ2) is 8.77. The van der Waals surface area contributed by atoms with Gasteiger partial charge in [-0.05, 0) is 73.7 Å². The number of hydrogen-bond acceptors (Lipinski definition) is 3. The zero-order valence-electron chi connectivity index (χ0n) is 19.5. The molecule has 1 N–H and O–H groups in total. The van der Waals surface area contributed by atoms with Crippen molar-refractivity contribution in [2.75, 3.05) is 5.32 Å². The van der Waals surface area contributed by atoms with E-state index in [-0.39, 0.29) is 28.4 Å². The standard InChI is InChI=1S/C25H27F2N3O3/c1-14(2)29-13-18(23(32)30(24(29)33)17-9-7-16(26)8-10-17)22(31)28-21-12-19(25(4,5)6)15(3)11-20(21)27/h7-14H,1-6H3,(H,28,31). The first kappa shape index (κ1) is 24.1. The van der Waals surface area contributed by atoms with Gasteiger partial charge in [-0.3, -0.25) is 14.2 Å². The van der Waals surface area contributed by atoms with Gasteiger partial charge in [-0.2, -0.15) is 0 Å². The molecule has 2 aromatic carbocycles. The Morgan fingerprint density at radius 3 is 2.18 bits per heavy atom. The molecule has 0 saturated heterocycles. The van der Waals surface area contributed by atoms with Crippen LogP contribution in [0.2, 0.25) is 0 Å². The molecule has 8 heteroatoms. The van der Waals surface area contributed by atoms with Crippen LogP contribution in [0.3, 0.4) is 0 Å². The normalized spacial score (nSPS) is 11.7. The molecule has 3 rings (SSSR count). The third kappa shape index (κ3) is 4.79. The van der Waals surface area contributed by atoms with Crippen LogP contribution in [0.25, 0.3) is 5.69 Å². The van der Waals surface area contributed by atoms with Crippen molar-refractivity contribution in [2.45, 2.75) is 53.0 Å². The Kier molecular flexibility index (Phi) is 6.40. The summed E-state index contributed by atoms with van der Waals surface area (Å²) in [6.45, 7) is 11.1. The predicted octanol–water partition coefficient (Wildman–Crippen LogP) is 4.72. The van der Waals surface area contributed by atoms with Crippen molar-refractivity contribution in [3.8, 4) is 5.69 Å². The van der Waals surface area contributed by atoms with E-state index in [0.717, 1.165) is 27.8 Å². The fourth-order valence-electron chi connectivity index (χ4n) is 3.68. The number of rotatable bonds is 4. The van der Waals surface area contributed by atoms with Crippen LogP contribution in [-0.4, -0.2) is 15.0 Å². The van der Waals surface area contributed by atoms with Crippen LogP contribution in [0.4, 0.5) is 14.5 Å². The van der Waals surface area contributed by atoms with E-state index in [0.29, 0.717) is 0 Å². The van der Waals surface area contributed by atoms with E-state index < -0.39 is 28.8 Å². The first-order valence-corrected chi connectivity index (χ1v) is 10.6. The fraction of sp³-hybridized carbons (Fsp3) is 0.320. The quantitative estimate of drug-likeness (QED) is 0.619. The first-order valence-electron chi connectivity index (χ1n) is 10.6. The third-order valence-corrected chi connectivity index (χ3v) is 5.37. The maximum atomic E-state index is 14.7. The average molecular weight is 456 g/mol. The number of aromatic nitrogens is 2. The van der Waals surface area contributed by atoms with Crippen molar-refractivity contribution in [3.63, 3.8) is 0 Å². The molecule has 0 saturated carbocycles. The minimum absolute atomic E-state index is 0.0643. The predicted molar refractivity (Wildman–Crippen MR) is 124 cm³/mol. The highest BCUT2D eigenvalue weighted by Crippen LogP contribution is 2.30. The molecule has 1 aromatic heterocycles. The van der Waals surface area contributed by atoms with Crippen LogP contribution in [0.15, 0.2) is 52.2 Å². The van der Waals surface area contributed by atoms with Gasteiger partial charge in [-0.25, -0.2) is 18.1 Å². The molecule has 0 spiro atoms. The average Bonchev–Trinajstić information content (AvgIpc) is 2.70. The number of amides is 1. The lowest BCUT2D eigenvalue weighted by Gasteiger charge is -2.23. The maximum Gasteiger partial charge on any atom is 0.335 e. The van der Waals surface area contributed by atoms with E-state index in [1.54, 1.807) is 26.8 Å². The molecule has 3 aromatic rings. The van der Waals surface area contributed by atoms with Crippen molar-refractivity contribution in [1.29, 1.82) is 0 Å². The summed E-state index contributed by atoms with van der Waals surface area (Å²) in [5.41, 5.74) is -0.556. The van der Waals surface area contributed by atoms with Crippen molar-refractivity contribution in [2.24, 2.45) is 0 Å². The molecule has 0 aliphatic rings. The summed E-state index contributed by atoms with van der Waals surface area (Å²) < 4.78 is 30.1. The van der Waals surface area contributed by atoms with E-state index in [9.17, 15) is 23.2 Å². The molecule has 1 amide bonds. The van der Waals surface area contributed by atoms with Gasteiger partial charge in [0.25, 0.3) is 11.5 Å². The molecular formula is C25H27F2N3O3. The van der Waals surface area contributed by atoms with Gasteiger partial charge in [0.2, 0.25) is 0 Å². The Labute approximate surface area is 190 Å². The molecule has 1 heterocycles. The van der Waals surface area contributed by atoms with Crippen LogP contribution >= 0.6 is 0 Å². The molecule has 0 unspecified atom stereocenters. The Hall–Kier alpha value is -3.55. The number of nitrogens with one attached hydrogen (secondary N) is 1. The number of benzene rings is 2. The SMILES string of the molecule is Cc1cc(F)c(NC(=O)c2cn(C(C)C)c(=O)n(-c3ccc(F)cc3)c2=O)cc1C(C)(C)C. The largest absolute Gasteiger partial charge is 0.335 e. The number of nitrogens with zero attached hydrogens (tertiary/aromatic N) is 2. The minimum atomic E-state index is -0.885. The molecule has 33 heavy (non-hydrogen) atoms. The van der Waals surface area contributed by atoms with Gasteiger partial charge >= 0.3 is 5.69 Å². The smallest absolute Gasteiger partial charge is 0.319 e. The van der Waals surface area contributed by atoms with Gasteiger partial charge in [0.1, 0.15) is 17.2 Å².